The van der Waals surface area contributed by atoms with E-state index >= 15 is 0 Å². The predicted molar refractivity (Wildman–Crippen MR) is 82.5 cm³/mol. The van der Waals surface area contributed by atoms with Crippen LogP contribution in [0.2, 0.25) is 0 Å². The number of benzene rings is 2. The molecule has 0 fully saturated rings. The summed E-state index contributed by atoms with van der Waals surface area (Å²) in [6.45, 7) is 1.37. The summed E-state index contributed by atoms with van der Waals surface area (Å²) >= 11 is 0. The largest absolute Gasteiger partial charge is 0.457 e. The van der Waals surface area contributed by atoms with Gasteiger partial charge in [0.2, 0.25) is 0 Å². The van der Waals surface area contributed by atoms with E-state index in [9.17, 15) is 0 Å². The third-order valence-corrected chi connectivity index (χ3v) is 3.04. The lowest BCUT2D eigenvalue weighted by atomic mass is 10.2. The van der Waals surface area contributed by atoms with Crippen LogP contribution in [0.1, 0.15) is 5.56 Å². The summed E-state index contributed by atoms with van der Waals surface area (Å²) in [5, 5.41) is 3.29. The molecule has 0 radical (unpaired) electrons. The Balaban J connectivity index is 1.89. The van der Waals surface area contributed by atoms with Crippen LogP contribution in [0.3, 0.4) is 0 Å². The minimum Gasteiger partial charge on any atom is -0.457 e. The zero-order valence-electron chi connectivity index (χ0n) is 12.4. The molecule has 2 rings (SSSR count). The Bertz CT molecular complexity index is 527. The van der Waals surface area contributed by atoms with Crippen LogP contribution in [0.5, 0.6) is 11.5 Å². The lowest BCUT2D eigenvalue weighted by molar-refractivity contribution is -0.0989. The number of nitrogens with one attached hydrogen (secondary N) is 1. The monoisotopic (exact) mass is 287 g/mol. The SMILES string of the molecule is COC(CNCc1cccc(Oc2ccccc2)c1)OC. The second-order valence-corrected chi connectivity index (χ2v) is 4.59. The number of ether oxygens (including phenoxy) is 3. The number of para-hydroxylation sites is 1. The average Bonchev–Trinajstić information content (AvgIpc) is 2.53. The minimum absolute atomic E-state index is 0.228. The molecule has 0 heterocycles. The van der Waals surface area contributed by atoms with Crippen LogP contribution in [0.15, 0.2) is 54.6 Å². The van der Waals surface area contributed by atoms with Gasteiger partial charge in [0.1, 0.15) is 11.5 Å². The van der Waals surface area contributed by atoms with Gasteiger partial charge >= 0.3 is 0 Å². The van der Waals surface area contributed by atoms with Crippen molar-refractivity contribution in [1.82, 2.24) is 5.32 Å². The van der Waals surface area contributed by atoms with Crippen molar-refractivity contribution < 1.29 is 14.2 Å². The molecule has 2 aromatic rings. The first kappa shape index (κ1) is 15.5. The highest BCUT2D eigenvalue weighted by molar-refractivity contribution is 5.33. The molecule has 4 nitrogen and oxygen atoms in total. The van der Waals surface area contributed by atoms with Crippen molar-refractivity contribution >= 4 is 0 Å². The molecule has 1 N–H and O–H groups in total. The summed E-state index contributed by atoms with van der Waals surface area (Å²) in [4.78, 5) is 0. The Labute approximate surface area is 125 Å². The topological polar surface area (TPSA) is 39.7 Å². The van der Waals surface area contributed by atoms with E-state index < -0.39 is 0 Å². The van der Waals surface area contributed by atoms with Crippen LogP contribution in [0.4, 0.5) is 0 Å². The highest BCUT2D eigenvalue weighted by Gasteiger charge is 2.04. The van der Waals surface area contributed by atoms with Gasteiger partial charge in [-0.15, -0.1) is 0 Å². The Kier molecular flexibility index (Phi) is 6.22. The molecule has 0 aliphatic heterocycles. The van der Waals surface area contributed by atoms with Crippen LogP contribution < -0.4 is 10.1 Å². The molecule has 0 saturated carbocycles. The molecular weight excluding hydrogens is 266 g/mol. The van der Waals surface area contributed by atoms with Crippen molar-refractivity contribution in [2.24, 2.45) is 0 Å². The molecule has 0 saturated heterocycles. The van der Waals surface area contributed by atoms with Gasteiger partial charge in [0, 0.05) is 27.3 Å². The van der Waals surface area contributed by atoms with Gasteiger partial charge in [-0.3, -0.25) is 0 Å². The smallest absolute Gasteiger partial charge is 0.169 e. The van der Waals surface area contributed by atoms with E-state index in [0.29, 0.717) is 6.54 Å². The fourth-order valence-corrected chi connectivity index (χ4v) is 1.94. The van der Waals surface area contributed by atoms with Crippen molar-refractivity contribution in [3.8, 4) is 11.5 Å². The summed E-state index contributed by atoms with van der Waals surface area (Å²) in [5.74, 6) is 1.66. The van der Waals surface area contributed by atoms with E-state index in [1.54, 1.807) is 14.2 Å². The lowest BCUT2D eigenvalue weighted by Crippen LogP contribution is -2.29. The summed E-state index contributed by atoms with van der Waals surface area (Å²) in [6, 6.07) is 17.8. The van der Waals surface area contributed by atoms with Gasteiger partial charge in [-0.1, -0.05) is 30.3 Å². The maximum absolute atomic E-state index is 5.81. The molecule has 0 amide bonds. The van der Waals surface area contributed by atoms with Crippen LogP contribution in [-0.2, 0) is 16.0 Å². The van der Waals surface area contributed by atoms with Crippen molar-refractivity contribution in [2.45, 2.75) is 12.8 Å². The lowest BCUT2D eigenvalue weighted by Gasteiger charge is -2.14. The van der Waals surface area contributed by atoms with E-state index in [0.717, 1.165) is 23.6 Å². The van der Waals surface area contributed by atoms with Crippen LogP contribution in [0, 0.1) is 0 Å². The van der Waals surface area contributed by atoms with Crippen LogP contribution in [0.25, 0.3) is 0 Å². The van der Waals surface area contributed by atoms with Gasteiger partial charge in [-0.05, 0) is 29.8 Å². The van der Waals surface area contributed by atoms with Crippen molar-refractivity contribution in [3.05, 3.63) is 60.2 Å². The summed E-state index contributed by atoms with van der Waals surface area (Å²) in [5.41, 5.74) is 1.15. The van der Waals surface area contributed by atoms with Gasteiger partial charge in [-0.2, -0.15) is 0 Å². The van der Waals surface area contributed by atoms with E-state index in [1.165, 1.54) is 0 Å². The number of methoxy groups -OCH3 is 2. The number of hydrogen-bond acceptors (Lipinski definition) is 4. The molecule has 21 heavy (non-hydrogen) atoms. The first-order valence-electron chi connectivity index (χ1n) is 6.90. The quantitative estimate of drug-likeness (QED) is 0.757. The molecule has 0 aromatic heterocycles. The van der Waals surface area contributed by atoms with E-state index in [2.05, 4.69) is 11.4 Å². The molecule has 0 aliphatic carbocycles. The first-order chi connectivity index (χ1) is 10.3. The molecule has 112 valence electrons. The summed E-state index contributed by atoms with van der Waals surface area (Å²) in [6.07, 6.45) is -0.228. The standard InChI is InChI=1S/C17H21NO3/c1-19-17(20-2)13-18-12-14-7-6-10-16(11-14)21-15-8-4-3-5-9-15/h3-11,17-18H,12-13H2,1-2H3. The van der Waals surface area contributed by atoms with Gasteiger partial charge in [0.25, 0.3) is 0 Å². The van der Waals surface area contributed by atoms with Gasteiger partial charge in [-0.25, -0.2) is 0 Å². The molecule has 2 aromatic carbocycles. The van der Waals surface area contributed by atoms with Gasteiger partial charge < -0.3 is 19.5 Å². The van der Waals surface area contributed by atoms with Gasteiger partial charge in [0.05, 0.1) is 0 Å². The average molecular weight is 287 g/mol. The second-order valence-electron chi connectivity index (χ2n) is 4.59. The van der Waals surface area contributed by atoms with Crippen molar-refractivity contribution in [3.63, 3.8) is 0 Å². The number of rotatable bonds is 8. The fourth-order valence-electron chi connectivity index (χ4n) is 1.94. The van der Waals surface area contributed by atoms with E-state index in [-0.39, 0.29) is 6.29 Å². The zero-order valence-corrected chi connectivity index (χ0v) is 12.4. The minimum atomic E-state index is -0.228. The second kappa shape index (κ2) is 8.42. The normalized spacial score (nSPS) is 10.8. The van der Waals surface area contributed by atoms with E-state index in [1.807, 2.05) is 48.5 Å². The molecule has 0 unspecified atom stereocenters. The molecule has 0 spiro atoms. The van der Waals surface area contributed by atoms with E-state index in [4.69, 9.17) is 14.2 Å². The Morgan fingerprint density at radius 2 is 1.62 bits per heavy atom. The van der Waals surface area contributed by atoms with Crippen LogP contribution in [-0.4, -0.2) is 27.1 Å². The molecule has 4 heteroatoms. The zero-order chi connectivity index (χ0) is 14.9. The predicted octanol–water partition coefficient (Wildman–Crippen LogP) is 3.19. The highest BCUT2D eigenvalue weighted by atomic mass is 16.7. The Morgan fingerprint density at radius 1 is 0.905 bits per heavy atom. The number of hydrogen-bond donors (Lipinski definition) is 1. The van der Waals surface area contributed by atoms with Crippen molar-refractivity contribution in [2.75, 3.05) is 20.8 Å². The van der Waals surface area contributed by atoms with Gasteiger partial charge in [0.15, 0.2) is 6.29 Å². The molecule has 0 aliphatic rings. The first-order valence-corrected chi connectivity index (χ1v) is 6.90. The van der Waals surface area contributed by atoms with Crippen molar-refractivity contribution in [1.29, 1.82) is 0 Å². The molecular formula is C17H21NO3. The fraction of sp³-hybridized carbons (Fsp3) is 0.294. The third kappa shape index (κ3) is 5.19. The highest BCUT2D eigenvalue weighted by Crippen LogP contribution is 2.21. The third-order valence-electron chi connectivity index (χ3n) is 3.04. The van der Waals surface area contributed by atoms with Crippen LogP contribution >= 0.6 is 0 Å². The summed E-state index contributed by atoms with van der Waals surface area (Å²) < 4.78 is 16.1. The maximum Gasteiger partial charge on any atom is 0.169 e. The Morgan fingerprint density at radius 3 is 2.33 bits per heavy atom. The Hall–Kier alpha value is -1.88. The molecule has 0 bridgehead atoms. The maximum atomic E-state index is 5.81. The summed E-state index contributed by atoms with van der Waals surface area (Å²) in [7, 11) is 3.26. The molecule has 0 atom stereocenters.